The maximum Gasteiger partial charge on any atom is 0.257 e. The zero-order valence-corrected chi connectivity index (χ0v) is 13.4. The second kappa shape index (κ2) is 5.13. The van der Waals surface area contributed by atoms with Gasteiger partial charge in [0.05, 0.1) is 6.61 Å². The number of ether oxygens (including phenoxy) is 2. The van der Waals surface area contributed by atoms with Crippen LogP contribution in [0.25, 0.3) is 0 Å². The van der Waals surface area contributed by atoms with Crippen molar-refractivity contribution in [3.63, 3.8) is 0 Å². The number of rotatable bonds is 3. The van der Waals surface area contributed by atoms with Crippen LogP contribution in [-0.2, 0) is 4.43 Å². The minimum atomic E-state index is -1.74. The first kappa shape index (κ1) is 14.3. The lowest BCUT2D eigenvalue weighted by Gasteiger charge is -2.37. The van der Waals surface area contributed by atoms with Crippen LogP contribution in [0, 0.1) is 0 Å². The molecular formula is C14H23NO3Si. The van der Waals surface area contributed by atoms with E-state index in [0.717, 1.165) is 0 Å². The van der Waals surface area contributed by atoms with E-state index >= 15 is 0 Å². The minimum absolute atomic E-state index is 0.0727. The molecule has 0 aromatic carbocycles. The van der Waals surface area contributed by atoms with Crippen LogP contribution in [-0.4, -0.2) is 32.6 Å². The predicted molar refractivity (Wildman–Crippen MR) is 77.3 cm³/mol. The third-order valence-corrected chi connectivity index (χ3v) is 8.38. The van der Waals surface area contributed by atoms with Crippen LogP contribution in [0.1, 0.15) is 20.8 Å². The predicted octanol–water partition coefficient (Wildman–Crippen LogP) is 3.24. The highest BCUT2D eigenvalue weighted by Crippen LogP contribution is 2.37. The van der Waals surface area contributed by atoms with Crippen molar-refractivity contribution in [2.75, 3.05) is 13.2 Å². The van der Waals surface area contributed by atoms with Crippen LogP contribution in [0.2, 0.25) is 18.1 Å². The molecule has 1 aromatic heterocycles. The summed E-state index contributed by atoms with van der Waals surface area (Å²) in [5.41, 5.74) is 0. The molecule has 1 aromatic rings. The summed E-state index contributed by atoms with van der Waals surface area (Å²) in [5, 5.41) is 0.207. The molecule has 2 heterocycles. The van der Waals surface area contributed by atoms with Crippen LogP contribution < -0.4 is 9.47 Å². The fourth-order valence-electron chi connectivity index (χ4n) is 1.55. The number of aromatic nitrogens is 1. The summed E-state index contributed by atoms with van der Waals surface area (Å²) in [6, 6.07) is 3.71. The van der Waals surface area contributed by atoms with Crippen molar-refractivity contribution in [3.8, 4) is 11.6 Å². The zero-order valence-electron chi connectivity index (χ0n) is 12.4. The molecule has 19 heavy (non-hydrogen) atoms. The standard InChI is InChI=1S/C14H23NO3Si/c1-14(2,3)19(4,5)17-10-11-9-16-12-7-6-8-15-13(12)18-11/h6-8,11H,9-10H2,1-5H3. The molecule has 0 amide bonds. The molecule has 2 rings (SSSR count). The first-order chi connectivity index (χ1) is 8.79. The lowest BCUT2D eigenvalue weighted by molar-refractivity contribution is 0.0446. The number of pyridine rings is 1. The van der Waals surface area contributed by atoms with E-state index < -0.39 is 8.32 Å². The fourth-order valence-corrected chi connectivity index (χ4v) is 2.58. The third kappa shape index (κ3) is 3.28. The summed E-state index contributed by atoms with van der Waals surface area (Å²) in [5.74, 6) is 1.28. The summed E-state index contributed by atoms with van der Waals surface area (Å²) in [6.45, 7) is 12.3. The molecule has 0 saturated carbocycles. The monoisotopic (exact) mass is 281 g/mol. The van der Waals surface area contributed by atoms with Crippen molar-refractivity contribution in [1.82, 2.24) is 4.98 Å². The van der Waals surface area contributed by atoms with E-state index in [1.54, 1.807) is 6.20 Å². The van der Waals surface area contributed by atoms with Crippen LogP contribution in [0.15, 0.2) is 18.3 Å². The van der Waals surface area contributed by atoms with Gasteiger partial charge in [-0.2, -0.15) is 0 Å². The van der Waals surface area contributed by atoms with Crippen LogP contribution in [0.5, 0.6) is 11.6 Å². The largest absolute Gasteiger partial charge is 0.484 e. The van der Waals surface area contributed by atoms with E-state index in [9.17, 15) is 0 Å². The molecule has 0 aliphatic carbocycles. The van der Waals surface area contributed by atoms with Gasteiger partial charge in [0.2, 0.25) is 0 Å². The van der Waals surface area contributed by atoms with Gasteiger partial charge >= 0.3 is 0 Å². The van der Waals surface area contributed by atoms with Gasteiger partial charge in [-0.1, -0.05) is 20.8 Å². The highest BCUT2D eigenvalue weighted by atomic mass is 28.4. The van der Waals surface area contributed by atoms with Crippen LogP contribution >= 0.6 is 0 Å². The molecule has 0 radical (unpaired) electrons. The van der Waals surface area contributed by atoms with E-state index in [4.69, 9.17) is 13.9 Å². The van der Waals surface area contributed by atoms with Gasteiger partial charge in [0.25, 0.3) is 5.88 Å². The maximum atomic E-state index is 6.15. The average Bonchev–Trinajstić information content (AvgIpc) is 2.35. The third-order valence-electron chi connectivity index (χ3n) is 3.88. The van der Waals surface area contributed by atoms with Crippen molar-refractivity contribution in [3.05, 3.63) is 18.3 Å². The molecule has 5 heteroatoms. The Labute approximate surface area is 116 Å². The normalized spacial score (nSPS) is 19.3. The first-order valence-electron chi connectivity index (χ1n) is 6.68. The molecule has 1 aliphatic rings. The molecule has 0 bridgehead atoms. The highest BCUT2D eigenvalue weighted by Gasteiger charge is 2.38. The molecule has 4 nitrogen and oxygen atoms in total. The lowest BCUT2D eigenvalue weighted by Crippen LogP contribution is -2.45. The summed E-state index contributed by atoms with van der Waals surface area (Å²) < 4.78 is 17.6. The highest BCUT2D eigenvalue weighted by molar-refractivity contribution is 6.74. The van der Waals surface area contributed by atoms with Gasteiger partial charge in [0.15, 0.2) is 20.2 Å². The van der Waals surface area contributed by atoms with Gasteiger partial charge in [-0.3, -0.25) is 0 Å². The molecule has 0 spiro atoms. The van der Waals surface area contributed by atoms with Gasteiger partial charge < -0.3 is 13.9 Å². The molecule has 0 fully saturated rings. The Morgan fingerprint density at radius 2 is 2.16 bits per heavy atom. The van der Waals surface area contributed by atoms with E-state index in [-0.39, 0.29) is 11.1 Å². The second-order valence-corrected chi connectivity index (χ2v) is 11.2. The SMILES string of the molecule is CC(C)(C)[Si](C)(C)OCC1COc2cccnc2O1. The Morgan fingerprint density at radius 3 is 2.84 bits per heavy atom. The van der Waals surface area contributed by atoms with E-state index in [1.165, 1.54) is 0 Å². The molecule has 0 saturated heterocycles. The molecule has 1 unspecified atom stereocenters. The van der Waals surface area contributed by atoms with Crippen molar-refractivity contribution < 1.29 is 13.9 Å². The topological polar surface area (TPSA) is 40.6 Å². The average molecular weight is 281 g/mol. The summed E-state index contributed by atoms with van der Waals surface area (Å²) in [6.07, 6.45) is 1.63. The van der Waals surface area contributed by atoms with Crippen molar-refractivity contribution >= 4 is 8.32 Å². The number of fused-ring (bicyclic) bond motifs is 1. The Hall–Kier alpha value is -1.07. The Morgan fingerprint density at radius 1 is 1.42 bits per heavy atom. The number of hydrogen-bond acceptors (Lipinski definition) is 4. The van der Waals surface area contributed by atoms with Gasteiger partial charge in [-0.25, -0.2) is 4.98 Å². The molecule has 1 atom stereocenters. The number of nitrogens with zero attached hydrogens (tertiary/aromatic N) is 1. The van der Waals surface area contributed by atoms with Gasteiger partial charge in [-0.15, -0.1) is 0 Å². The van der Waals surface area contributed by atoms with Crippen molar-refractivity contribution in [2.45, 2.75) is 45.0 Å². The van der Waals surface area contributed by atoms with E-state index in [1.807, 2.05) is 12.1 Å². The summed E-state index contributed by atoms with van der Waals surface area (Å²) in [4.78, 5) is 4.17. The van der Waals surface area contributed by atoms with Crippen LogP contribution in [0.3, 0.4) is 0 Å². The van der Waals surface area contributed by atoms with E-state index in [2.05, 4.69) is 38.8 Å². The summed E-state index contributed by atoms with van der Waals surface area (Å²) >= 11 is 0. The Kier molecular flexibility index (Phi) is 3.87. The molecular weight excluding hydrogens is 258 g/mol. The lowest BCUT2D eigenvalue weighted by atomic mass is 10.2. The zero-order chi connectivity index (χ0) is 14.1. The second-order valence-electron chi connectivity index (χ2n) is 6.43. The maximum absolute atomic E-state index is 6.15. The molecule has 106 valence electrons. The fraction of sp³-hybridized carbons (Fsp3) is 0.643. The minimum Gasteiger partial charge on any atom is -0.484 e. The van der Waals surface area contributed by atoms with Crippen molar-refractivity contribution in [1.29, 1.82) is 0 Å². The molecule has 0 N–H and O–H groups in total. The van der Waals surface area contributed by atoms with Gasteiger partial charge in [0, 0.05) is 6.20 Å². The molecule has 1 aliphatic heterocycles. The number of hydrogen-bond donors (Lipinski definition) is 0. The smallest absolute Gasteiger partial charge is 0.257 e. The van der Waals surface area contributed by atoms with Crippen molar-refractivity contribution in [2.24, 2.45) is 0 Å². The Balaban J connectivity index is 1.93. The first-order valence-corrected chi connectivity index (χ1v) is 9.59. The van der Waals surface area contributed by atoms with Gasteiger partial charge in [-0.05, 0) is 30.3 Å². The summed E-state index contributed by atoms with van der Waals surface area (Å²) in [7, 11) is -1.74. The van der Waals surface area contributed by atoms with Gasteiger partial charge in [0.1, 0.15) is 6.61 Å². The quantitative estimate of drug-likeness (QED) is 0.798. The van der Waals surface area contributed by atoms with Crippen LogP contribution in [0.4, 0.5) is 0 Å². The Bertz CT molecular complexity index is 443. The van der Waals surface area contributed by atoms with E-state index in [0.29, 0.717) is 24.8 Å².